The van der Waals surface area contributed by atoms with E-state index < -0.39 is 0 Å². The molecule has 1 aliphatic heterocycles. The van der Waals surface area contributed by atoms with Crippen molar-refractivity contribution in [1.82, 2.24) is 9.80 Å². The number of amides is 2. The summed E-state index contributed by atoms with van der Waals surface area (Å²) >= 11 is 5.89. The van der Waals surface area contributed by atoms with Crippen molar-refractivity contribution in [1.29, 1.82) is 0 Å². The Bertz CT molecular complexity index is 919. The third-order valence-electron chi connectivity index (χ3n) is 5.06. The number of halogens is 1. The summed E-state index contributed by atoms with van der Waals surface area (Å²) in [6.45, 7) is 2.07. The molecule has 0 N–H and O–H groups in total. The molecule has 158 valence electrons. The molecule has 1 aliphatic rings. The van der Waals surface area contributed by atoms with Crippen LogP contribution < -0.4 is 9.47 Å². The van der Waals surface area contributed by atoms with Gasteiger partial charge in [0.2, 0.25) is 11.8 Å². The van der Waals surface area contributed by atoms with E-state index in [1.165, 1.54) is 6.08 Å². The van der Waals surface area contributed by atoms with Gasteiger partial charge in [0.1, 0.15) is 11.5 Å². The van der Waals surface area contributed by atoms with Gasteiger partial charge >= 0.3 is 0 Å². The molecule has 0 saturated carbocycles. The van der Waals surface area contributed by atoms with Crippen LogP contribution in [0.2, 0.25) is 5.02 Å². The van der Waals surface area contributed by atoms with Crippen molar-refractivity contribution < 1.29 is 19.1 Å². The average molecular weight is 429 g/mol. The highest BCUT2D eigenvalue weighted by atomic mass is 35.5. The van der Waals surface area contributed by atoms with Crippen molar-refractivity contribution in [3.05, 3.63) is 64.7 Å². The minimum atomic E-state index is -0.0855. The van der Waals surface area contributed by atoms with Gasteiger partial charge in [0.15, 0.2) is 0 Å². The van der Waals surface area contributed by atoms with Gasteiger partial charge < -0.3 is 19.3 Å². The predicted molar refractivity (Wildman–Crippen MR) is 117 cm³/mol. The summed E-state index contributed by atoms with van der Waals surface area (Å²) in [5, 5.41) is 0.652. The molecular formula is C23H25ClN2O4. The topological polar surface area (TPSA) is 59.1 Å². The van der Waals surface area contributed by atoms with Crippen molar-refractivity contribution in [2.75, 3.05) is 40.4 Å². The van der Waals surface area contributed by atoms with Gasteiger partial charge in [-0.3, -0.25) is 9.59 Å². The van der Waals surface area contributed by atoms with Gasteiger partial charge in [0.25, 0.3) is 0 Å². The van der Waals surface area contributed by atoms with Gasteiger partial charge in [-0.05, 0) is 35.9 Å². The van der Waals surface area contributed by atoms with E-state index in [0.717, 1.165) is 11.1 Å². The van der Waals surface area contributed by atoms with E-state index in [4.69, 9.17) is 21.1 Å². The van der Waals surface area contributed by atoms with Crippen LogP contribution in [0.1, 0.15) is 11.1 Å². The third-order valence-corrected chi connectivity index (χ3v) is 5.31. The minimum absolute atomic E-state index is 0.0583. The number of carbonyl (C=O) groups is 2. The van der Waals surface area contributed by atoms with Gasteiger partial charge in [0.05, 0.1) is 20.6 Å². The first kappa shape index (κ1) is 21.7. The Labute approximate surface area is 181 Å². The Hall–Kier alpha value is -2.99. The average Bonchev–Trinajstić information content (AvgIpc) is 2.78. The molecule has 2 aromatic rings. The highest BCUT2D eigenvalue weighted by Gasteiger charge is 2.23. The van der Waals surface area contributed by atoms with E-state index in [9.17, 15) is 9.59 Å². The maximum Gasteiger partial charge on any atom is 0.246 e. The molecule has 6 nitrogen and oxygen atoms in total. The molecule has 1 fully saturated rings. The van der Waals surface area contributed by atoms with Crippen molar-refractivity contribution >= 4 is 29.5 Å². The lowest BCUT2D eigenvalue weighted by atomic mass is 10.1. The Morgan fingerprint density at radius 1 is 0.967 bits per heavy atom. The number of nitrogens with zero attached hydrogens (tertiary/aromatic N) is 2. The summed E-state index contributed by atoms with van der Waals surface area (Å²) in [7, 11) is 3.17. The molecule has 7 heteroatoms. The van der Waals surface area contributed by atoms with Crippen molar-refractivity contribution in [3.63, 3.8) is 0 Å². The van der Waals surface area contributed by atoms with Crippen LogP contribution in [0.15, 0.2) is 48.5 Å². The first-order chi connectivity index (χ1) is 14.5. The van der Waals surface area contributed by atoms with Crippen molar-refractivity contribution in [2.24, 2.45) is 0 Å². The van der Waals surface area contributed by atoms with E-state index in [1.807, 2.05) is 24.3 Å². The second-order valence-electron chi connectivity index (χ2n) is 6.95. The number of ether oxygens (including phenoxy) is 2. The zero-order valence-electron chi connectivity index (χ0n) is 17.1. The molecule has 2 amide bonds. The highest BCUT2D eigenvalue weighted by Crippen LogP contribution is 2.25. The van der Waals surface area contributed by atoms with Gasteiger partial charge in [-0.15, -0.1) is 0 Å². The number of benzene rings is 2. The summed E-state index contributed by atoms with van der Waals surface area (Å²) in [5.74, 6) is 1.30. The van der Waals surface area contributed by atoms with Crippen LogP contribution in [0.3, 0.4) is 0 Å². The lowest BCUT2D eigenvalue weighted by Gasteiger charge is -2.34. The van der Waals surface area contributed by atoms with E-state index in [2.05, 4.69) is 0 Å². The zero-order valence-corrected chi connectivity index (χ0v) is 17.9. The standard InChI is InChI=1S/C23H25ClN2O4/c1-29-20-9-5-18(21(16-20)30-2)6-10-22(27)25-11-13-26(14-12-25)23(28)15-17-3-7-19(24)8-4-17/h3-10,16H,11-15H2,1-2H3/b10-6+. The lowest BCUT2D eigenvalue weighted by Crippen LogP contribution is -2.50. The monoisotopic (exact) mass is 428 g/mol. The van der Waals surface area contributed by atoms with Crippen LogP contribution in [-0.4, -0.2) is 62.0 Å². The summed E-state index contributed by atoms with van der Waals surface area (Å²) in [6.07, 6.45) is 3.61. The van der Waals surface area contributed by atoms with E-state index in [1.54, 1.807) is 48.3 Å². The molecule has 0 unspecified atom stereocenters. The summed E-state index contributed by atoms with van der Waals surface area (Å²) in [6, 6.07) is 12.7. The number of methoxy groups -OCH3 is 2. The van der Waals surface area contributed by atoms with Gasteiger partial charge in [-0.1, -0.05) is 23.7 Å². The molecule has 0 aromatic heterocycles. The number of piperazine rings is 1. The second-order valence-corrected chi connectivity index (χ2v) is 7.39. The molecule has 0 bridgehead atoms. The molecule has 0 radical (unpaired) electrons. The van der Waals surface area contributed by atoms with Crippen LogP contribution in [0, 0.1) is 0 Å². The smallest absolute Gasteiger partial charge is 0.246 e. The molecule has 0 atom stereocenters. The molecule has 30 heavy (non-hydrogen) atoms. The van der Waals surface area contributed by atoms with Gasteiger partial charge in [-0.2, -0.15) is 0 Å². The maximum atomic E-state index is 12.6. The minimum Gasteiger partial charge on any atom is -0.497 e. The van der Waals surface area contributed by atoms with Crippen LogP contribution in [0.25, 0.3) is 6.08 Å². The first-order valence-corrected chi connectivity index (χ1v) is 10.1. The summed E-state index contributed by atoms with van der Waals surface area (Å²) in [4.78, 5) is 28.6. The maximum absolute atomic E-state index is 12.6. The van der Waals surface area contributed by atoms with Gasteiger partial charge in [-0.25, -0.2) is 0 Å². The lowest BCUT2D eigenvalue weighted by molar-refractivity contribution is -0.136. The summed E-state index contributed by atoms with van der Waals surface area (Å²) < 4.78 is 10.5. The first-order valence-electron chi connectivity index (χ1n) is 9.71. The van der Waals surface area contributed by atoms with Gasteiger partial charge in [0, 0.05) is 48.9 Å². The van der Waals surface area contributed by atoms with Crippen LogP contribution in [-0.2, 0) is 16.0 Å². The molecule has 0 spiro atoms. The molecular weight excluding hydrogens is 404 g/mol. The fourth-order valence-corrected chi connectivity index (χ4v) is 3.41. The van der Waals surface area contributed by atoms with Crippen LogP contribution in [0.5, 0.6) is 11.5 Å². The van der Waals surface area contributed by atoms with E-state index >= 15 is 0 Å². The zero-order chi connectivity index (χ0) is 21.5. The second kappa shape index (κ2) is 10.2. The number of hydrogen-bond acceptors (Lipinski definition) is 4. The highest BCUT2D eigenvalue weighted by molar-refractivity contribution is 6.30. The summed E-state index contributed by atoms with van der Waals surface area (Å²) in [5.41, 5.74) is 1.72. The van der Waals surface area contributed by atoms with Crippen molar-refractivity contribution in [3.8, 4) is 11.5 Å². The Balaban J connectivity index is 1.53. The molecule has 1 heterocycles. The third kappa shape index (κ3) is 5.54. The molecule has 3 rings (SSSR count). The number of hydrogen-bond donors (Lipinski definition) is 0. The Kier molecular flexibility index (Phi) is 7.36. The van der Waals surface area contributed by atoms with E-state index in [0.29, 0.717) is 49.1 Å². The molecule has 2 aromatic carbocycles. The quantitative estimate of drug-likeness (QED) is 0.662. The SMILES string of the molecule is COc1ccc(/C=C/C(=O)N2CCN(C(=O)Cc3ccc(Cl)cc3)CC2)c(OC)c1. The fourth-order valence-electron chi connectivity index (χ4n) is 3.29. The Morgan fingerprint density at radius 2 is 1.63 bits per heavy atom. The predicted octanol–water partition coefficient (Wildman–Crippen LogP) is 3.28. The Morgan fingerprint density at radius 3 is 2.27 bits per heavy atom. The fraction of sp³-hybridized carbons (Fsp3) is 0.304. The molecule has 1 saturated heterocycles. The normalized spacial score (nSPS) is 14.1. The molecule has 0 aliphatic carbocycles. The van der Waals surface area contributed by atoms with Crippen LogP contribution >= 0.6 is 11.6 Å². The number of carbonyl (C=O) groups excluding carboxylic acids is 2. The number of rotatable bonds is 6. The van der Waals surface area contributed by atoms with Crippen molar-refractivity contribution in [2.45, 2.75) is 6.42 Å². The van der Waals surface area contributed by atoms with E-state index in [-0.39, 0.29) is 11.8 Å². The largest absolute Gasteiger partial charge is 0.497 e. The van der Waals surface area contributed by atoms with Crippen LogP contribution in [0.4, 0.5) is 0 Å².